The van der Waals surface area contributed by atoms with Gasteiger partial charge in [-0.2, -0.15) is 0 Å². The molecule has 0 aliphatic rings. The quantitative estimate of drug-likeness (QED) is 0.695. The van der Waals surface area contributed by atoms with E-state index in [2.05, 4.69) is 0 Å². The molecule has 1 radical (unpaired) electrons. The van der Waals surface area contributed by atoms with Gasteiger partial charge in [-0.1, -0.05) is 43.6 Å². The van der Waals surface area contributed by atoms with Crippen molar-refractivity contribution in [3.05, 3.63) is 40.3 Å². The van der Waals surface area contributed by atoms with Crippen molar-refractivity contribution < 1.29 is 4.39 Å². The van der Waals surface area contributed by atoms with Gasteiger partial charge in [-0.25, -0.2) is 0 Å². The highest BCUT2D eigenvalue weighted by Gasteiger charge is 2.11. The van der Waals surface area contributed by atoms with Gasteiger partial charge in [-0.05, 0) is 17.5 Å². The van der Waals surface area contributed by atoms with E-state index in [1.165, 1.54) is 0 Å². The Balaban J connectivity index is 3.08. The average molecular weight is 200 g/mol. The van der Waals surface area contributed by atoms with E-state index in [0.29, 0.717) is 10.9 Å². The van der Waals surface area contributed by atoms with Crippen LogP contribution in [0.25, 0.3) is 0 Å². The van der Waals surface area contributed by atoms with Crippen LogP contribution in [0.4, 0.5) is 4.39 Å². The SMILES string of the molecule is CCc1cccc([C](C)CF)c1Cl. The molecule has 71 valence electrons. The number of hydrogen-bond donors (Lipinski definition) is 0. The standard InChI is InChI=1S/C11H13ClF/c1-3-9-5-4-6-10(11(9)12)8(2)7-13/h4-6H,3,7H2,1-2H3. The molecule has 0 fully saturated rings. The lowest BCUT2D eigenvalue weighted by Crippen LogP contribution is -1.99. The summed E-state index contributed by atoms with van der Waals surface area (Å²) in [5.74, 6) is 0.695. The molecule has 0 saturated carbocycles. The maximum absolute atomic E-state index is 12.4. The highest BCUT2D eigenvalue weighted by molar-refractivity contribution is 6.32. The second-order valence-electron chi connectivity index (χ2n) is 3.05. The zero-order valence-electron chi connectivity index (χ0n) is 7.90. The first-order valence-corrected chi connectivity index (χ1v) is 4.74. The smallest absolute Gasteiger partial charge is 0.0998 e. The second-order valence-corrected chi connectivity index (χ2v) is 3.42. The summed E-state index contributed by atoms with van der Waals surface area (Å²) in [6.07, 6.45) is 0.881. The van der Waals surface area contributed by atoms with Crippen molar-refractivity contribution in [2.45, 2.75) is 20.3 Å². The highest BCUT2D eigenvalue weighted by atomic mass is 35.5. The minimum atomic E-state index is -0.438. The molecule has 0 N–H and O–H groups in total. The van der Waals surface area contributed by atoms with Gasteiger partial charge in [0.25, 0.3) is 0 Å². The van der Waals surface area contributed by atoms with Crippen LogP contribution in [0.1, 0.15) is 25.0 Å². The van der Waals surface area contributed by atoms with E-state index in [1.807, 2.05) is 25.1 Å². The first-order valence-electron chi connectivity index (χ1n) is 4.36. The number of halogens is 2. The zero-order valence-corrected chi connectivity index (χ0v) is 8.66. The molecule has 0 bridgehead atoms. The van der Waals surface area contributed by atoms with Crippen molar-refractivity contribution in [2.75, 3.05) is 6.67 Å². The maximum atomic E-state index is 12.4. The molecule has 13 heavy (non-hydrogen) atoms. The largest absolute Gasteiger partial charge is 0.250 e. The second kappa shape index (κ2) is 4.61. The number of benzene rings is 1. The lowest BCUT2D eigenvalue weighted by atomic mass is 9.99. The van der Waals surface area contributed by atoms with Crippen LogP contribution in [0.2, 0.25) is 5.02 Å². The Bertz CT molecular complexity index is 283. The molecule has 2 heteroatoms. The minimum Gasteiger partial charge on any atom is -0.250 e. The lowest BCUT2D eigenvalue weighted by molar-refractivity contribution is 0.516. The Hall–Kier alpha value is -0.560. The summed E-state index contributed by atoms with van der Waals surface area (Å²) < 4.78 is 12.4. The van der Waals surface area contributed by atoms with Crippen molar-refractivity contribution in [1.82, 2.24) is 0 Å². The summed E-state index contributed by atoms with van der Waals surface area (Å²) in [6.45, 7) is 3.36. The summed E-state index contributed by atoms with van der Waals surface area (Å²) in [6, 6.07) is 5.74. The van der Waals surface area contributed by atoms with Gasteiger partial charge in [0, 0.05) is 10.9 Å². The molecule has 1 rings (SSSR count). The number of hydrogen-bond acceptors (Lipinski definition) is 0. The molecular formula is C11H13ClF. The predicted molar refractivity (Wildman–Crippen MR) is 54.8 cm³/mol. The third kappa shape index (κ3) is 2.22. The van der Waals surface area contributed by atoms with Gasteiger partial charge in [-0.15, -0.1) is 0 Å². The average Bonchev–Trinajstić information content (AvgIpc) is 2.17. The van der Waals surface area contributed by atoms with Crippen molar-refractivity contribution in [1.29, 1.82) is 0 Å². The topological polar surface area (TPSA) is 0 Å². The Kier molecular flexibility index (Phi) is 3.73. The molecule has 0 aromatic heterocycles. The van der Waals surface area contributed by atoms with Crippen LogP contribution in [0.15, 0.2) is 18.2 Å². The lowest BCUT2D eigenvalue weighted by Gasteiger charge is -2.11. The van der Waals surface area contributed by atoms with Gasteiger partial charge in [0.05, 0.1) is 6.67 Å². The molecule has 0 aliphatic heterocycles. The summed E-state index contributed by atoms with van der Waals surface area (Å²) >= 11 is 6.10. The molecule has 0 unspecified atom stereocenters. The highest BCUT2D eigenvalue weighted by Crippen LogP contribution is 2.27. The monoisotopic (exact) mass is 199 g/mol. The normalized spacial score (nSPS) is 10.8. The fourth-order valence-corrected chi connectivity index (χ4v) is 1.68. The third-order valence-electron chi connectivity index (χ3n) is 2.12. The molecule has 0 nitrogen and oxygen atoms in total. The van der Waals surface area contributed by atoms with Crippen molar-refractivity contribution in [2.24, 2.45) is 0 Å². The molecule has 0 atom stereocenters. The van der Waals surface area contributed by atoms with Crippen LogP contribution in [0.5, 0.6) is 0 Å². The maximum Gasteiger partial charge on any atom is 0.0998 e. The predicted octanol–water partition coefficient (Wildman–Crippen LogP) is 3.81. The van der Waals surface area contributed by atoms with Gasteiger partial charge in [-0.3, -0.25) is 4.39 Å². The fourth-order valence-electron chi connectivity index (χ4n) is 1.25. The molecule has 1 aromatic carbocycles. The molecule has 0 saturated heterocycles. The number of alkyl halides is 1. The van der Waals surface area contributed by atoms with E-state index >= 15 is 0 Å². The van der Waals surface area contributed by atoms with Crippen LogP contribution in [-0.4, -0.2) is 6.67 Å². The zero-order chi connectivity index (χ0) is 9.84. The first kappa shape index (κ1) is 10.5. The summed E-state index contributed by atoms with van der Waals surface area (Å²) in [7, 11) is 0. The summed E-state index contributed by atoms with van der Waals surface area (Å²) in [4.78, 5) is 0. The Morgan fingerprint density at radius 3 is 2.69 bits per heavy atom. The van der Waals surface area contributed by atoms with Crippen molar-refractivity contribution in [3.8, 4) is 0 Å². The van der Waals surface area contributed by atoms with Crippen LogP contribution < -0.4 is 0 Å². The molecular weight excluding hydrogens is 187 g/mol. The van der Waals surface area contributed by atoms with Gasteiger partial charge >= 0.3 is 0 Å². The first-order chi connectivity index (χ1) is 6.20. The fraction of sp³-hybridized carbons (Fsp3) is 0.364. The van der Waals surface area contributed by atoms with Crippen molar-refractivity contribution >= 4 is 11.6 Å². The van der Waals surface area contributed by atoms with Gasteiger partial charge in [0.1, 0.15) is 0 Å². The molecule has 0 spiro atoms. The van der Waals surface area contributed by atoms with Gasteiger partial charge < -0.3 is 0 Å². The molecule has 0 heterocycles. The number of rotatable bonds is 3. The Morgan fingerprint density at radius 1 is 1.46 bits per heavy atom. The number of aryl methyl sites for hydroxylation is 1. The van der Waals surface area contributed by atoms with E-state index in [4.69, 9.17) is 11.6 Å². The van der Waals surface area contributed by atoms with Crippen LogP contribution in [0, 0.1) is 5.92 Å². The summed E-state index contributed by atoms with van der Waals surface area (Å²) in [5.41, 5.74) is 1.91. The summed E-state index contributed by atoms with van der Waals surface area (Å²) in [5, 5.41) is 0.695. The molecule has 0 aliphatic carbocycles. The van der Waals surface area contributed by atoms with E-state index < -0.39 is 6.67 Å². The Labute approximate surface area is 83.7 Å². The van der Waals surface area contributed by atoms with E-state index in [9.17, 15) is 4.39 Å². The van der Waals surface area contributed by atoms with Crippen LogP contribution in [-0.2, 0) is 6.42 Å². The molecule has 1 aromatic rings. The van der Waals surface area contributed by atoms with Crippen molar-refractivity contribution in [3.63, 3.8) is 0 Å². The van der Waals surface area contributed by atoms with Gasteiger partial charge in [0.15, 0.2) is 0 Å². The molecule has 0 amide bonds. The van der Waals surface area contributed by atoms with E-state index in [-0.39, 0.29) is 0 Å². The van der Waals surface area contributed by atoms with Crippen LogP contribution >= 0.6 is 11.6 Å². The third-order valence-corrected chi connectivity index (χ3v) is 2.57. The Morgan fingerprint density at radius 2 is 2.15 bits per heavy atom. The van der Waals surface area contributed by atoms with Crippen LogP contribution in [0.3, 0.4) is 0 Å². The van der Waals surface area contributed by atoms with Gasteiger partial charge in [0.2, 0.25) is 0 Å². The van der Waals surface area contributed by atoms with E-state index in [1.54, 1.807) is 6.92 Å². The van der Waals surface area contributed by atoms with E-state index in [0.717, 1.165) is 17.5 Å². The minimum absolute atomic E-state index is 0.438.